The fraction of sp³-hybridized carbons (Fsp3) is 0.533. The minimum atomic E-state index is -0.866. The van der Waals surface area contributed by atoms with E-state index in [-0.39, 0.29) is 0 Å². The van der Waals surface area contributed by atoms with Crippen LogP contribution in [0.1, 0.15) is 37.6 Å². The van der Waals surface area contributed by atoms with Crippen LogP contribution in [0.5, 0.6) is 0 Å². The van der Waals surface area contributed by atoms with E-state index in [4.69, 9.17) is 5.11 Å². The Morgan fingerprint density at radius 3 is 2.39 bits per heavy atom. The Morgan fingerprint density at radius 2 is 1.83 bits per heavy atom. The molecule has 1 aromatic carbocycles. The Kier molecular flexibility index (Phi) is 3.60. The normalized spacial score (nSPS) is 28.2. The van der Waals surface area contributed by atoms with Crippen molar-refractivity contribution in [1.29, 1.82) is 0 Å². The first kappa shape index (κ1) is 12.9. The van der Waals surface area contributed by atoms with Crippen molar-refractivity contribution < 1.29 is 9.90 Å². The SMILES string of the molecule is CC1CCN(c2ccc(C(=O)O)cc2)C(C)C1C. The first-order valence-corrected chi connectivity index (χ1v) is 6.60. The molecular formula is C15H21NO2. The maximum atomic E-state index is 10.8. The molecular weight excluding hydrogens is 226 g/mol. The summed E-state index contributed by atoms with van der Waals surface area (Å²) in [6, 6.07) is 7.72. The van der Waals surface area contributed by atoms with Crippen molar-refractivity contribution in [3.63, 3.8) is 0 Å². The topological polar surface area (TPSA) is 40.5 Å². The van der Waals surface area contributed by atoms with Crippen LogP contribution in [0.2, 0.25) is 0 Å². The molecule has 18 heavy (non-hydrogen) atoms. The summed E-state index contributed by atoms with van der Waals surface area (Å²) in [5.74, 6) is 0.558. The monoisotopic (exact) mass is 247 g/mol. The van der Waals surface area contributed by atoms with Gasteiger partial charge < -0.3 is 10.0 Å². The van der Waals surface area contributed by atoms with Crippen molar-refractivity contribution in [2.24, 2.45) is 11.8 Å². The molecule has 0 spiro atoms. The fourth-order valence-electron chi connectivity index (χ4n) is 2.73. The molecule has 1 N–H and O–H groups in total. The lowest BCUT2D eigenvalue weighted by molar-refractivity contribution is 0.0697. The standard InChI is InChI=1S/C15H21NO2/c1-10-8-9-16(12(3)11(10)2)14-6-4-13(5-7-14)15(17)18/h4-7,10-12H,8-9H2,1-3H3,(H,17,18). The lowest BCUT2D eigenvalue weighted by Gasteiger charge is -2.43. The molecule has 1 aliphatic heterocycles. The van der Waals surface area contributed by atoms with Gasteiger partial charge in [-0.2, -0.15) is 0 Å². The van der Waals surface area contributed by atoms with Crippen molar-refractivity contribution in [2.45, 2.75) is 33.2 Å². The molecule has 2 rings (SSSR count). The number of aromatic carboxylic acids is 1. The van der Waals surface area contributed by atoms with Crippen molar-refractivity contribution in [3.8, 4) is 0 Å². The summed E-state index contributed by atoms with van der Waals surface area (Å²) in [5, 5.41) is 8.90. The molecule has 1 aromatic rings. The zero-order valence-electron chi connectivity index (χ0n) is 11.3. The summed E-state index contributed by atoms with van der Waals surface area (Å²) in [7, 11) is 0. The van der Waals surface area contributed by atoms with Crippen LogP contribution in [0.25, 0.3) is 0 Å². The number of carboxylic acids is 1. The van der Waals surface area contributed by atoms with Gasteiger partial charge in [0.25, 0.3) is 0 Å². The van der Waals surface area contributed by atoms with Gasteiger partial charge in [0.05, 0.1) is 5.56 Å². The van der Waals surface area contributed by atoms with Gasteiger partial charge >= 0.3 is 5.97 Å². The van der Waals surface area contributed by atoms with E-state index in [1.807, 2.05) is 12.1 Å². The third-order valence-electron chi connectivity index (χ3n) is 4.42. The molecule has 1 saturated heterocycles. The van der Waals surface area contributed by atoms with Gasteiger partial charge in [0.2, 0.25) is 0 Å². The molecule has 3 nitrogen and oxygen atoms in total. The summed E-state index contributed by atoms with van der Waals surface area (Å²) in [6.07, 6.45) is 1.20. The summed E-state index contributed by atoms with van der Waals surface area (Å²) in [5.41, 5.74) is 1.48. The third kappa shape index (κ3) is 2.35. The zero-order valence-corrected chi connectivity index (χ0v) is 11.3. The quantitative estimate of drug-likeness (QED) is 0.872. The summed E-state index contributed by atoms with van der Waals surface area (Å²) >= 11 is 0. The average Bonchev–Trinajstić information content (AvgIpc) is 2.36. The lowest BCUT2D eigenvalue weighted by Crippen LogP contribution is -2.45. The second kappa shape index (κ2) is 5.01. The van der Waals surface area contributed by atoms with E-state index >= 15 is 0 Å². The van der Waals surface area contributed by atoms with Crippen LogP contribution in [0.3, 0.4) is 0 Å². The molecule has 1 heterocycles. The molecule has 0 amide bonds. The summed E-state index contributed by atoms with van der Waals surface area (Å²) in [6.45, 7) is 7.92. The number of nitrogens with zero attached hydrogens (tertiary/aromatic N) is 1. The van der Waals surface area contributed by atoms with Crippen molar-refractivity contribution in [2.75, 3.05) is 11.4 Å². The minimum Gasteiger partial charge on any atom is -0.478 e. The van der Waals surface area contributed by atoms with Crippen LogP contribution in [-0.4, -0.2) is 23.7 Å². The molecule has 0 bridgehead atoms. The van der Waals surface area contributed by atoms with E-state index in [0.717, 1.165) is 18.2 Å². The number of carboxylic acid groups (broad SMARTS) is 1. The van der Waals surface area contributed by atoms with E-state index in [2.05, 4.69) is 25.7 Å². The van der Waals surface area contributed by atoms with E-state index < -0.39 is 5.97 Å². The second-order valence-electron chi connectivity index (χ2n) is 5.41. The predicted molar refractivity (Wildman–Crippen MR) is 73.2 cm³/mol. The van der Waals surface area contributed by atoms with Gasteiger partial charge in [0.15, 0.2) is 0 Å². The maximum Gasteiger partial charge on any atom is 0.335 e. The molecule has 3 heteroatoms. The maximum absolute atomic E-state index is 10.8. The van der Waals surface area contributed by atoms with Gasteiger partial charge in [-0.05, 0) is 49.4 Å². The number of benzene rings is 1. The number of hydrogen-bond donors (Lipinski definition) is 1. The first-order chi connectivity index (χ1) is 8.50. The highest BCUT2D eigenvalue weighted by Crippen LogP contribution is 2.32. The highest BCUT2D eigenvalue weighted by atomic mass is 16.4. The molecule has 0 saturated carbocycles. The van der Waals surface area contributed by atoms with Crippen LogP contribution in [0, 0.1) is 11.8 Å². The molecule has 0 aliphatic carbocycles. The number of piperidine rings is 1. The zero-order chi connectivity index (χ0) is 13.3. The molecule has 1 aliphatic rings. The van der Waals surface area contributed by atoms with Crippen LogP contribution in [0.15, 0.2) is 24.3 Å². The summed E-state index contributed by atoms with van der Waals surface area (Å²) in [4.78, 5) is 13.2. The number of rotatable bonds is 2. The fourth-order valence-corrected chi connectivity index (χ4v) is 2.73. The highest BCUT2D eigenvalue weighted by molar-refractivity contribution is 5.88. The molecule has 1 fully saturated rings. The van der Waals surface area contributed by atoms with Crippen LogP contribution in [0.4, 0.5) is 5.69 Å². The van der Waals surface area contributed by atoms with Gasteiger partial charge in [-0.3, -0.25) is 0 Å². The van der Waals surface area contributed by atoms with Gasteiger partial charge in [-0.1, -0.05) is 13.8 Å². The third-order valence-corrected chi connectivity index (χ3v) is 4.42. The van der Waals surface area contributed by atoms with Crippen LogP contribution < -0.4 is 4.90 Å². The molecule has 98 valence electrons. The Balaban J connectivity index is 2.18. The largest absolute Gasteiger partial charge is 0.478 e. The molecule has 0 radical (unpaired) electrons. The Morgan fingerprint density at radius 1 is 1.22 bits per heavy atom. The average molecular weight is 247 g/mol. The Hall–Kier alpha value is -1.51. The second-order valence-corrected chi connectivity index (χ2v) is 5.41. The Labute approximate surface area is 108 Å². The lowest BCUT2D eigenvalue weighted by atomic mass is 9.82. The van der Waals surface area contributed by atoms with Gasteiger partial charge in [0, 0.05) is 18.3 Å². The van der Waals surface area contributed by atoms with E-state index in [9.17, 15) is 4.79 Å². The number of hydrogen-bond acceptors (Lipinski definition) is 2. The van der Waals surface area contributed by atoms with Crippen molar-refractivity contribution in [3.05, 3.63) is 29.8 Å². The van der Waals surface area contributed by atoms with E-state index in [1.54, 1.807) is 12.1 Å². The van der Waals surface area contributed by atoms with E-state index in [1.165, 1.54) is 6.42 Å². The smallest absolute Gasteiger partial charge is 0.335 e. The Bertz CT molecular complexity index is 427. The van der Waals surface area contributed by atoms with Gasteiger partial charge in [0.1, 0.15) is 0 Å². The first-order valence-electron chi connectivity index (χ1n) is 6.60. The predicted octanol–water partition coefficient (Wildman–Crippen LogP) is 3.26. The van der Waals surface area contributed by atoms with Gasteiger partial charge in [-0.15, -0.1) is 0 Å². The molecule has 3 atom stereocenters. The number of anilines is 1. The molecule has 3 unspecified atom stereocenters. The summed E-state index contributed by atoms with van der Waals surface area (Å²) < 4.78 is 0. The minimum absolute atomic E-state index is 0.352. The van der Waals surface area contributed by atoms with Gasteiger partial charge in [-0.25, -0.2) is 4.79 Å². The van der Waals surface area contributed by atoms with Crippen molar-refractivity contribution >= 4 is 11.7 Å². The highest BCUT2D eigenvalue weighted by Gasteiger charge is 2.29. The molecule has 0 aromatic heterocycles. The number of carbonyl (C=O) groups is 1. The van der Waals surface area contributed by atoms with Crippen LogP contribution >= 0.6 is 0 Å². The van der Waals surface area contributed by atoms with E-state index in [0.29, 0.717) is 17.5 Å². The van der Waals surface area contributed by atoms with Crippen LogP contribution in [-0.2, 0) is 0 Å². The van der Waals surface area contributed by atoms with Crippen molar-refractivity contribution in [1.82, 2.24) is 0 Å².